The summed E-state index contributed by atoms with van der Waals surface area (Å²) >= 11 is 0. The van der Waals surface area contributed by atoms with Gasteiger partial charge in [-0.1, -0.05) is 0 Å². The van der Waals surface area contributed by atoms with E-state index >= 15 is 0 Å². The van der Waals surface area contributed by atoms with Crippen LogP contribution in [0.25, 0.3) is 0 Å². The van der Waals surface area contributed by atoms with Gasteiger partial charge in [-0.2, -0.15) is 4.31 Å². The molecular formula is C16H24N4O6S. The van der Waals surface area contributed by atoms with E-state index in [9.17, 15) is 18.5 Å². The lowest BCUT2D eigenvalue weighted by Crippen LogP contribution is -2.48. The van der Waals surface area contributed by atoms with E-state index in [1.165, 1.54) is 16.4 Å². The minimum atomic E-state index is -3.87. The summed E-state index contributed by atoms with van der Waals surface area (Å²) < 4.78 is 32.9. The molecule has 1 N–H and O–H groups in total. The quantitative estimate of drug-likeness (QED) is 0.512. The Morgan fingerprint density at radius 1 is 1.11 bits per heavy atom. The van der Waals surface area contributed by atoms with Crippen LogP contribution >= 0.6 is 0 Å². The maximum atomic E-state index is 13.2. The molecule has 3 rings (SSSR count). The number of nitro benzene ring substituents is 1. The maximum Gasteiger partial charge on any atom is 0.270 e. The van der Waals surface area contributed by atoms with Gasteiger partial charge in [-0.25, -0.2) is 8.42 Å². The summed E-state index contributed by atoms with van der Waals surface area (Å²) in [6.45, 7) is 4.29. The van der Waals surface area contributed by atoms with Crippen LogP contribution in [0.2, 0.25) is 0 Å². The third-order valence-corrected chi connectivity index (χ3v) is 6.80. The molecule has 0 amide bonds. The molecule has 2 heterocycles. The summed E-state index contributed by atoms with van der Waals surface area (Å²) in [6, 6.07) is 4.02. The third kappa shape index (κ3) is 4.38. The second-order valence-electron chi connectivity index (χ2n) is 6.48. The number of nitrogens with zero attached hydrogens (tertiary/aromatic N) is 4. The second-order valence-corrected chi connectivity index (χ2v) is 8.38. The molecule has 27 heavy (non-hydrogen) atoms. The molecule has 0 bridgehead atoms. The molecule has 0 atom stereocenters. The van der Waals surface area contributed by atoms with Crippen LogP contribution in [0.4, 0.5) is 11.4 Å². The molecule has 2 fully saturated rings. The molecule has 1 aromatic rings. The Hall–Kier alpha value is -1.79. The fourth-order valence-corrected chi connectivity index (χ4v) is 5.00. The minimum absolute atomic E-state index is 0.0331. The highest BCUT2D eigenvalue weighted by molar-refractivity contribution is 7.89. The maximum absolute atomic E-state index is 13.2. The molecule has 2 aliphatic heterocycles. The third-order valence-electron chi connectivity index (χ3n) is 4.87. The van der Waals surface area contributed by atoms with Crippen LogP contribution in [-0.4, -0.2) is 93.3 Å². The van der Waals surface area contributed by atoms with E-state index in [4.69, 9.17) is 9.84 Å². The van der Waals surface area contributed by atoms with E-state index in [1.807, 2.05) is 4.90 Å². The first kappa shape index (κ1) is 20.0. The number of benzene rings is 1. The van der Waals surface area contributed by atoms with Crippen LogP contribution in [-0.2, 0) is 14.8 Å². The van der Waals surface area contributed by atoms with Gasteiger partial charge in [0, 0.05) is 57.9 Å². The van der Waals surface area contributed by atoms with E-state index in [-0.39, 0.29) is 30.3 Å². The summed E-state index contributed by atoms with van der Waals surface area (Å²) in [5.74, 6) is 0. The normalized spacial score (nSPS) is 20.0. The van der Waals surface area contributed by atoms with Gasteiger partial charge in [-0.3, -0.25) is 15.0 Å². The number of piperazine rings is 1. The van der Waals surface area contributed by atoms with E-state index in [0.717, 1.165) is 6.07 Å². The van der Waals surface area contributed by atoms with Crippen molar-refractivity contribution in [2.24, 2.45) is 0 Å². The smallest absolute Gasteiger partial charge is 0.270 e. The van der Waals surface area contributed by atoms with Crippen LogP contribution in [0.5, 0.6) is 0 Å². The van der Waals surface area contributed by atoms with Gasteiger partial charge in [0.25, 0.3) is 5.69 Å². The zero-order chi connectivity index (χ0) is 19.4. The number of morpholine rings is 1. The predicted octanol–water partition coefficient (Wildman–Crippen LogP) is -0.270. The highest BCUT2D eigenvalue weighted by atomic mass is 32.2. The number of non-ortho nitro benzene ring substituents is 1. The molecule has 2 saturated heterocycles. The molecule has 1 aromatic carbocycles. The number of ether oxygens (including phenoxy) is 1. The molecule has 2 aliphatic rings. The standard InChI is InChI=1S/C16H24N4O6S/c21-10-7-17-3-5-18(6-4-17)15-2-1-14(20(22)23)13-16(15)27(24,25)19-8-11-26-12-9-19/h1-2,13,21H,3-12H2. The molecule has 0 saturated carbocycles. The van der Waals surface area contributed by atoms with Gasteiger partial charge in [0.15, 0.2) is 0 Å². The molecule has 0 radical (unpaired) electrons. The van der Waals surface area contributed by atoms with Crippen LogP contribution in [0.1, 0.15) is 0 Å². The summed E-state index contributed by atoms with van der Waals surface area (Å²) in [6.07, 6.45) is 0. The topological polar surface area (TPSA) is 116 Å². The molecule has 11 heteroatoms. The fourth-order valence-electron chi connectivity index (χ4n) is 3.36. The molecule has 0 aliphatic carbocycles. The minimum Gasteiger partial charge on any atom is -0.395 e. The highest BCUT2D eigenvalue weighted by Crippen LogP contribution is 2.32. The molecule has 0 unspecified atom stereocenters. The van der Waals surface area contributed by atoms with Crippen molar-refractivity contribution in [3.63, 3.8) is 0 Å². The Morgan fingerprint density at radius 3 is 2.37 bits per heavy atom. The summed E-state index contributed by atoms with van der Waals surface area (Å²) in [5, 5.41) is 20.3. The van der Waals surface area contributed by atoms with Gasteiger partial charge in [0.05, 0.1) is 30.4 Å². The van der Waals surface area contributed by atoms with Gasteiger partial charge in [0.2, 0.25) is 10.0 Å². The first-order valence-electron chi connectivity index (χ1n) is 8.88. The van der Waals surface area contributed by atoms with E-state index in [1.54, 1.807) is 0 Å². The molecular weight excluding hydrogens is 376 g/mol. The van der Waals surface area contributed by atoms with Crippen molar-refractivity contribution in [3.05, 3.63) is 28.3 Å². The van der Waals surface area contributed by atoms with Crippen LogP contribution in [0.3, 0.4) is 0 Å². The van der Waals surface area contributed by atoms with Crippen LogP contribution in [0, 0.1) is 10.1 Å². The van der Waals surface area contributed by atoms with Crippen molar-refractivity contribution < 1.29 is 23.2 Å². The monoisotopic (exact) mass is 400 g/mol. The van der Waals surface area contributed by atoms with E-state index in [2.05, 4.69) is 4.90 Å². The lowest BCUT2D eigenvalue weighted by Gasteiger charge is -2.37. The van der Waals surface area contributed by atoms with Crippen molar-refractivity contribution in [1.29, 1.82) is 0 Å². The zero-order valence-corrected chi connectivity index (χ0v) is 15.8. The van der Waals surface area contributed by atoms with Crippen molar-refractivity contribution >= 4 is 21.4 Å². The lowest BCUT2D eigenvalue weighted by molar-refractivity contribution is -0.385. The summed E-state index contributed by atoms with van der Waals surface area (Å²) in [5.41, 5.74) is 0.236. The van der Waals surface area contributed by atoms with Gasteiger partial charge in [-0.05, 0) is 6.07 Å². The Balaban J connectivity index is 1.93. The first-order valence-corrected chi connectivity index (χ1v) is 10.3. The number of β-amino-alcohol motifs (C(OH)–C–C–N with tert-alkyl or cyclic N) is 1. The molecule has 0 spiro atoms. The zero-order valence-electron chi connectivity index (χ0n) is 15.0. The fraction of sp³-hybridized carbons (Fsp3) is 0.625. The van der Waals surface area contributed by atoms with Crippen LogP contribution in [0.15, 0.2) is 23.1 Å². The number of aliphatic hydroxyl groups is 1. The molecule has 10 nitrogen and oxygen atoms in total. The Morgan fingerprint density at radius 2 is 1.78 bits per heavy atom. The Bertz CT molecular complexity index is 773. The van der Waals surface area contributed by atoms with Crippen molar-refractivity contribution in [1.82, 2.24) is 9.21 Å². The number of hydrogen-bond acceptors (Lipinski definition) is 8. The second kappa shape index (κ2) is 8.48. The van der Waals surface area contributed by atoms with E-state index < -0.39 is 14.9 Å². The number of hydrogen-bond donors (Lipinski definition) is 1. The van der Waals surface area contributed by atoms with Crippen molar-refractivity contribution in [2.75, 3.05) is 70.5 Å². The average molecular weight is 400 g/mol. The number of nitro groups is 1. The van der Waals surface area contributed by atoms with Gasteiger partial charge >= 0.3 is 0 Å². The number of rotatable bonds is 6. The van der Waals surface area contributed by atoms with Gasteiger partial charge < -0.3 is 14.7 Å². The summed E-state index contributed by atoms with van der Waals surface area (Å²) in [4.78, 5) is 14.6. The predicted molar refractivity (Wildman–Crippen MR) is 98.4 cm³/mol. The van der Waals surface area contributed by atoms with E-state index in [0.29, 0.717) is 51.6 Å². The highest BCUT2D eigenvalue weighted by Gasteiger charge is 2.32. The largest absolute Gasteiger partial charge is 0.395 e. The number of sulfonamides is 1. The Kier molecular flexibility index (Phi) is 6.27. The number of anilines is 1. The molecule has 0 aromatic heterocycles. The average Bonchev–Trinajstić information content (AvgIpc) is 2.69. The number of aliphatic hydroxyl groups excluding tert-OH is 1. The van der Waals surface area contributed by atoms with Gasteiger partial charge in [-0.15, -0.1) is 0 Å². The summed E-state index contributed by atoms with van der Waals surface area (Å²) in [7, 11) is -3.87. The molecule has 150 valence electrons. The van der Waals surface area contributed by atoms with Crippen molar-refractivity contribution in [3.8, 4) is 0 Å². The Labute approximate surface area is 158 Å². The lowest BCUT2D eigenvalue weighted by atomic mass is 10.2. The first-order chi connectivity index (χ1) is 12.9. The van der Waals surface area contributed by atoms with Crippen molar-refractivity contribution in [2.45, 2.75) is 4.90 Å². The SMILES string of the molecule is O=[N+]([O-])c1ccc(N2CCN(CCO)CC2)c(S(=O)(=O)N2CCOCC2)c1. The van der Waals surface area contributed by atoms with Gasteiger partial charge in [0.1, 0.15) is 4.90 Å². The van der Waals surface area contributed by atoms with Crippen LogP contribution < -0.4 is 4.90 Å².